The number of nitrogens with zero attached hydrogens (tertiary/aromatic N) is 2. The molecule has 35 heavy (non-hydrogen) atoms. The molecule has 2 atom stereocenters. The molecule has 6 nitrogen and oxygen atoms in total. The average molecular weight is 483 g/mol. The number of aliphatic hydroxyl groups excluding tert-OH is 1. The molecule has 1 fully saturated rings. The van der Waals surface area contributed by atoms with E-state index < -0.39 is 17.7 Å². The maximum Gasteiger partial charge on any atom is 0.301 e. The molecule has 7 heteroatoms. The number of fused-ring (bicyclic) bond motifs is 2. The van der Waals surface area contributed by atoms with E-state index in [1.165, 1.54) is 16.2 Å². The molecule has 0 bridgehead atoms. The van der Waals surface area contributed by atoms with Gasteiger partial charge >= 0.3 is 5.91 Å². The standard InChI is InChI=1S/C28H22N2O4S/c1-15-8-10-20-22(12-15)35-28(29-20)30-24(17-6-4-3-5-7-17)23(26(32)27(30)33)25(31)18-9-11-21-19(14-18)13-16(2)34-21/h3-12,14,16,24,31H,13H2,1-2H3/b25-23-. The molecular formula is C28H22N2O4S. The Labute approximate surface area is 206 Å². The van der Waals surface area contributed by atoms with Crippen molar-refractivity contribution in [2.45, 2.75) is 32.4 Å². The Balaban J connectivity index is 1.53. The monoisotopic (exact) mass is 482 g/mol. The third-order valence-corrected chi connectivity index (χ3v) is 7.49. The predicted molar refractivity (Wildman–Crippen MR) is 136 cm³/mol. The first-order chi connectivity index (χ1) is 16.9. The molecule has 1 N–H and O–H groups in total. The van der Waals surface area contributed by atoms with Crippen LogP contribution < -0.4 is 9.64 Å². The zero-order valence-corrected chi connectivity index (χ0v) is 20.0. The van der Waals surface area contributed by atoms with Gasteiger partial charge < -0.3 is 9.84 Å². The molecule has 0 spiro atoms. The van der Waals surface area contributed by atoms with Crippen molar-refractivity contribution in [2.75, 3.05) is 4.90 Å². The van der Waals surface area contributed by atoms with E-state index in [1.54, 1.807) is 12.1 Å². The number of benzene rings is 3. The maximum atomic E-state index is 13.4. The molecule has 2 unspecified atom stereocenters. The summed E-state index contributed by atoms with van der Waals surface area (Å²) in [4.78, 5) is 32.9. The molecule has 0 saturated carbocycles. The normalized spacial score (nSPS) is 20.9. The molecule has 3 heterocycles. The van der Waals surface area contributed by atoms with Crippen LogP contribution >= 0.6 is 11.3 Å². The van der Waals surface area contributed by atoms with E-state index in [9.17, 15) is 14.7 Å². The molecule has 1 saturated heterocycles. The van der Waals surface area contributed by atoms with E-state index in [4.69, 9.17) is 4.74 Å². The smallest absolute Gasteiger partial charge is 0.301 e. The van der Waals surface area contributed by atoms with Gasteiger partial charge in [-0.25, -0.2) is 4.98 Å². The number of carbonyl (C=O) groups excluding carboxylic acids is 2. The Hall–Kier alpha value is -3.97. The van der Waals surface area contributed by atoms with E-state index in [-0.39, 0.29) is 17.4 Å². The molecular weight excluding hydrogens is 460 g/mol. The van der Waals surface area contributed by atoms with Gasteiger partial charge in [0.2, 0.25) is 0 Å². The number of aliphatic hydroxyl groups is 1. The van der Waals surface area contributed by atoms with Gasteiger partial charge in [0.25, 0.3) is 5.78 Å². The molecule has 2 aliphatic rings. The Morgan fingerprint density at radius 1 is 1.09 bits per heavy atom. The minimum Gasteiger partial charge on any atom is -0.507 e. The zero-order valence-electron chi connectivity index (χ0n) is 19.2. The fourth-order valence-corrected chi connectivity index (χ4v) is 5.92. The maximum absolute atomic E-state index is 13.4. The van der Waals surface area contributed by atoms with Gasteiger partial charge in [-0.3, -0.25) is 14.5 Å². The second kappa shape index (κ2) is 8.06. The molecule has 2 aliphatic heterocycles. The third-order valence-electron chi connectivity index (χ3n) is 6.47. The Morgan fingerprint density at radius 3 is 2.69 bits per heavy atom. The summed E-state index contributed by atoms with van der Waals surface area (Å²) in [6, 6.07) is 19.7. The highest BCUT2D eigenvalue weighted by Crippen LogP contribution is 2.44. The van der Waals surface area contributed by atoms with Crippen molar-refractivity contribution in [3.8, 4) is 5.75 Å². The van der Waals surface area contributed by atoms with Crippen LogP contribution in [0.5, 0.6) is 5.75 Å². The van der Waals surface area contributed by atoms with Gasteiger partial charge in [0.05, 0.1) is 21.8 Å². The summed E-state index contributed by atoms with van der Waals surface area (Å²) in [6.07, 6.45) is 0.776. The SMILES string of the molecule is Cc1ccc2nc(N3C(=O)C(=O)/C(=C(\O)c4ccc5c(c4)CC(C)O5)C3c3ccccc3)sc2c1. The number of amides is 1. The summed E-state index contributed by atoms with van der Waals surface area (Å²) in [5, 5.41) is 11.8. The van der Waals surface area contributed by atoms with Crippen LogP contribution in [0.2, 0.25) is 0 Å². The number of anilines is 1. The molecule has 1 aromatic heterocycles. The number of hydrogen-bond donors (Lipinski definition) is 1. The lowest BCUT2D eigenvalue weighted by Crippen LogP contribution is -2.29. The molecule has 3 aromatic carbocycles. The van der Waals surface area contributed by atoms with Crippen molar-refractivity contribution in [3.05, 3.63) is 94.6 Å². The van der Waals surface area contributed by atoms with Crippen LogP contribution in [-0.4, -0.2) is 27.9 Å². The number of ether oxygens (including phenoxy) is 1. The van der Waals surface area contributed by atoms with E-state index in [1.807, 2.05) is 68.4 Å². The van der Waals surface area contributed by atoms with E-state index >= 15 is 0 Å². The Morgan fingerprint density at radius 2 is 1.89 bits per heavy atom. The lowest BCUT2D eigenvalue weighted by molar-refractivity contribution is -0.132. The van der Waals surface area contributed by atoms with Crippen LogP contribution in [0.3, 0.4) is 0 Å². The van der Waals surface area contributed by atoms with Gasteiger partial charge in [-0.05, 0) is 60.9 Å². The van der Waals surface area contributed by atoms with Gasteiger partial charge in [0.1, 0.15) is 17.6 Å². The summed E-state index contributed by atoms with van der Waals surface area (Å²) in [6.45, 7) is 3.98. The minimum atomic E-state index is -0.790. The molecule has 6 rings (SSSR count). The van der Waals surface area contributed by atoms with Crippen molar-refractivity contribution in [1.29, 1.82) is 0 Å². The van der Waals surface area contributed by atoms with Gasteiger partial charge in [-0.1, -0.05) is 47.7 Å². The summed E-state index contributed by atoms with van der Waals surface area (Å²) >= 11 is 1.36. The molecule has 0 aliphatic carbocycles. The van der Waals surface area contributed by atoms with Crippen LogP contribution in [0.1, 0.15) is 35.2 Å². The first-order valence-corrected chi connectivity index (χ1v) is 12.3. The first-order valence-electron chi connectivity index (χ1n) is 11.4. The zero-order chi connectivity index (χ0) is 24.3. The van der Waals surface area contributed by atoms with E-state index in [0.29, 0.717) is 10.7 Å². The highest BCUT2D eigenvalue weighted by atomic mass is 32.1. The molecule has 4 aromatic rings. The lowest BCUT2D eigenvalue weighted by Gasteiger charge is -2.23. The van der Waals surface area contributed by atoms with Crippen LogP contribution in [0.15, 0.2) is 72.3 Å². The lowest BCUT2D eigenvalue weighted by atomic mass is 9.94. The summed E-state index contributed by atoms with van der Waals surface area (Å²) in [7, 11) is 0. The van der Waals surface area contributed by atoms with Gasteiger partial charge in [-0.2, -0.15) is 0 Å². The van der Waals surface area contributed by atoms with Gasteiger partial charge in [0.15, 0.2) is 5.13 Å². The number of ketones is 1. The highest BCUT2D eigenvalue weighted by molar-refractivity contribution is 7.22. The first kappa shape index (κ1) is 21.6. The number of thiazole rings is 1. The van der Waals surface area contributed by atoms with Gasteiger partial charge in [0, 0.05) is 12.0 Å². The molecule has 174 valence electrons. The van der Waals surface area contributed by atoms with Crippen LogP contribution in [0.4, 0.5) is 5.13 Å². The number of Topliss-reactive ketones (excluding diaryl/α,β-unsaturated/α-hetero) is 1. The van der Waals surface area contributed by atoms with E-state index in [2.05, 4.69) is 4.98 Å². The summed E-state index contributed by atoms with van der Waals surface area (Å²) < 4.78 is 6.71. The summed E-state index contributed by atoms with van der Waals surface area (Å²) in [5.41, 5.74) is 4.08. The fraction of sp³-hybridized carbons (Fsp3) is 0.179. The molecule has 1 amide bonds. The Kier molecular flexibility index (Phi) is 4.96. The van der Waals surface area contributed by atoms with Crippen molar-refractivity contribution in [3.63, 3.8) is 0 Å². The van der Waals surface area contributed by atoms with Crippen molar-refractivity contribution in [2.24, 2.45) is 0 Å². The van der Waals surface area contributed by atoms with E-state index in [0.717, 1.165) is 39.1 Å². The van der Waals surface area contributed by atoms with Gasteiger partial charge in [-0.15, -0.1) is 0 Å². The topological polar surface area (TPSA) is 79.7 Å². The largest absolute Gasteiger partial charge is 0.507 e. The number of aryl methyl sites for hydroxylation is 1. The van der Waals surface area contributed by atoms with Crippen LogP contribution in [-0.2, 0) is 16.0 Å². The quantitative estimate of drug-likeness (QED) is 0.235. The average Bonchev–Trinajstić information content (AvgIpc) is 3.51. The number of carbonyl (C=O) groups is 2. The second-order valence-electron chi connectivity index (χ2n) is 9.00. The third kappa shape index (κ3) is 3.51. The number of rotatable bonds is 3. The minimum absolute atomic E-state index is 0.0555. The number of hydrogen-bond acceptors (Lipinski definition) is 6. The van der Waals surface area contributed by atoms with Crippen LogP contribution in [0.25, 0.3) is 16.0 Å². The highest BCUT2D eigenvalue weighted by Gasteiger charge is 2.48. The second-order valence-corrected chi connectivity index (χ2v) is 10.0. The fourth-order valence-electron chi connectivity index (χ4n) is 4.83. The number of aromatic nitrogens is 1. The van der Waals surface area contributed by atoms with Crippen molar-refractivity contribution in [1.82, 2.24) is 4.98 Å². The van der Waals surface area contributed by atoms with Crippen molar-refractivity contribution < 1.29 is 19.4 Å². The summed E-state index contributed by atoms with van der Waals surface area (Å²) in [5.74, 6) is -0.843. The van der Waals surface area contributed by atoms with Crippen molar-refractivity contribution >= 4 is 44.1 Å². The molecule has 0 radical (unpaired) electrons. The predicted octanol–water partition coefficient (Wildman–Crippen LogP) is 5.55. The van der Waals surface area contributed by atoms with Crippen LogP contribution in [0, 0.1) is 6.92 Å². The Bertz CT molecular complexity index is 1540.